The molecule has 0 bridgehead atoms. The Balaban J connectivity index is 0.00000833. The summed E-state index contributed by atoms with van der Waals surface area (Å²) < 4.78 is 63.4. The van der Waals surface area contributed by atoms with Gasteiger partial charge in [0, 0.05) is 35.0 Å². The molecule has 3 N–H and O–H groups in total. The quantitative estimate of drug-likeness (QED) is 0.0178. The summed E-state index contributed by atoms with van der Waals surface area (Å²) in [4.78, 5) is 24.7. The molecule has 0 saturated heterocycles. The van der Waals surface area contributed by atoms with Gasteiger partial charge in [-0.05, 0) is 31.2 Å². The molecule has 266 valence electrons. The van der Waals surface area contributed by atoms with Gasteiger partial charge in [0.25, 0.3) is 0 Å². The summed E-state index contributed by atoms with van der Waals surface area (Å²) in [6.45, 7) is 4.66. The van der Waals surface area contributed by atoms with Gasteiger partial charge in [0.05, 0.1) is 28.4 Å². The minimum Gasteiger partial charge on any atom is -0.744 e. The van der Waals surface area contributed by atoms with Crippen LogP contribution in [0, 0.1) is 6.92 Å². The first-order valence-corrected chi connectivity index (χ1v) is 16.9. The molecule has 0 aromatic heterocycles. The molecular formula is C27H25CuN6Na2O12S3. The number of sulfone groups is 1. The molecule has 2 amide bonds. The first-order valence-electron chi connectivity index (χ1n) is 13.0. The van der Waals surface area contributed by atoms with Crippen molar-refractivity contribution in [2.75, 3.05) is 24.7 Å². The van der Waals surface area contributed by atoms with Gasteiger partial charge in [0.2, 0.25) is 0 Å². The molecule has 24 heteroatoms. The first-order chi connectivity index (χ1) is 22.5. The number of carbonyl (C=O) groups is 2. The van der Waals surface area contributed by atoms with Crippen LogP contribution in [0.25, 0.3) is 5.43 Å². The number of rotatable bonds is 14. The molecule has 0 spiro atoms. The van der Waals surface area contributed by atoms with Crippen LogP contribution in [0.3, 0.4) is 0 Å². The van der Waals surface area contributed by atoms with E-state index >= 15 is 0 Å². The van der Waals surface area contributed by atoms with Gasteiger partial charge in [-0.15, -0.1) is 15.9 Å². The van der Waals surface area contributed by atoms with Gasteiger partial charge in [-0.25, -0.2) is 26.4 Å². The number of nitrogens with one attached hydrogen (secondary N) is 1. The zero-order valence-electron chi connectivity index (χ0n) is 27.1. The SMILES string of the molecule is C=CS(=O)(=O)CCN(C)C(=O)Nc1cc(S(=O)(=O)[O-])cc(N=N/C(=N\[N-]c2cc(SOO[O-])ccc2C(=O)O)c2ccc(C)cc2)c1O.[Cu+].[Na+].[Na+]. The number of amidine groups is 1. The molecule has 18 nitrogen and oxygen atoms in total. The second kappa shape index (κ2) is 22.0. The fourth-order valence-electron chi connectivity index (χ4n) is 3.49. The molecule has 0 fully saturated rings. The van der Waals surface area contributed by atoms with Crippen LogP contribution in [-0.4, -0.2) is 73.7 Å². The molecule has 0 saturated carbocycles. The van der Waals surface area contributed by atoms with Crippen molar-refractivity contribution in [3.8, 4) is 5.75 Å². The summed E-state index contributed by atoms with van der Waals surface area (Å²) in [5.41, 5.74) is 3.36. The summed E-state index contributed by atoms with van der Waals surface area (Å²) in [6, 6.07) is 10.5. The van der Waals surface area contributed by atoms with Crippen LogP contribution in [0.4, 0.5) is 21.9 Å². The van der Waals surface area contributed by atoms with Gasteiger partial charge in [0.15, 0.2) is 21.4 Å². The number of carbonyl (C=O) groups excluding carboxylic acids is 1. The fourth-order valence-corrected chi connectivity index (χ4v) is 5.09. The number of aryl methyl sites for hydroxylation is 1. The third kappa shape index (κ3) is 14.9. The predicted molar refractivity (Wildman–Crippen MR) is 168 cm³/mol. The van der Waals surface area contributed by atoms with Gasteiger partial charge >= 0.3 is 88.2 Å². The van der Waals surface area contributed by atoms with Crippen molar-refractivity contribution in [1.82, 2.24) is 4.90 Å². The number of azo groups is 1. The van der Waals surface area contributed by atoms with E-state index in [1.165, 1.54) is 25.2 Å². The molecule has 0 atom stereocenters. The van der Waals surface area contributed by atoms with Crippen molar-refractivity contribution in [3.05, 3.63) is 88.7 Å². The first kappa shape index (κ1) is 48.6. The van der Waals surface area contributed by atoms with Crippen LogP contribution in [0.2, 0.25) is 0 Å². The number of carboxylic acid groups (broad SMARTS) is 1. The largest absolute Gasteiger partial charge is 1.00 e. The van der Waals surface area contributed by atoms with E-state index in [1.54, 1.807) is 31.2 Å². The summed E-state index contributed by atoms with van der Waals surface area (Å²) in [6.07, 6.45) is 0. The summed E-state index contributed by atoms with van der Waals surface area (Å²) in [5, 5.41) is 48.6. The number of nitrogens with zero attached hydrogens (tertiary/aromatic N) is 5. The molecule has 3 aromatic carbocycles. The van der Waals surface area contributed by atoms with Gasteiger partial charge in [-0.2, -0.15) is 4.33 Å². The van der Waals surface area contributed by atoms with Crippen molar-refractivity contribution in [3.63, 3.8) is 0 Å². The Bertz CT molecular complexity index is 1990. The number of hydrogen-bond donors (Lipinski definition) is 3. The van der Waals surface area contributed by atoms with E-state index in [4.69, 9.17) is 0 Å². The van der Waals surface area contributed by atoms with E-state index in [1.807, 2.05) is 0 Å². The molecule has 0 radical (unpaired) electrons. The van der Waals surface area contributed by atoms with Gasteiger partial charge < -0.3 is 40.8 Å². The minimum absolute atomic E-state index is 0. The number of phenolic OH excluding ortho intramolecular Hbond substituents is 1. The molecule has 0 aliphatic rings. The number of aromatic carboxylic acids is 1. The van der Waals surface area contributed by atoms with E-state index in [0.29, 0.717) is 29.6 Å². The van der Waals surface area contributed by atoms with Crippen LogP contribution >= 0.6 is 12.0 Å². The fraction of sp³-hybridized carbons (Fsp3) is 0.148. The van der Waals surface area contributed by atoms with Gasteiger partial charge in [-0.1, -0.05) is 42.5 Å². The second-order valence-corrected chi connectivity index (χ2v) is 13.7. The monoisotopic (exact) mass is 830 g/mol. The molecule has 0 unspecified atom stereocenters. The number of aromatic hydroxyl groups is 1. The standard InChI is InChI=1S/C27H28N6O12S3.Cu.2Na/c1-4-47(39,40)12-11-33(3)27(37)28-22-14-19(48(41,42)43)15-23(24(22)34)30-32-25(17-7-5-16(2)6-8-17)31-29-21-13-18(46-45-44-38)9-10-20(21)26(35)36;;;/h4-10,13-15H,1,11-12H2,2-3H3,(H6,28,29,30,31,32,34,35,36,37,38,41,42,43);;;/q;3*+1/p-3. The molecule has 0 aliphatic heterocycles. The van der Waals surface area contributed by atoms with Crippen LogP contribution in [-0.2, 0) is 46.4 Å². The zero-order valence-corrected chi connectivity index (χ0v) is 34.5. The number of amides is 2. The maximum atomic E-state index is 12.7. The zero-order chi connectivity index (χ0) is 35.6. The van der Waals surface area contributed by atoms with Crippen LogP contribution < -0.4 is 69.7 Å². The number of hydrogen-bond acceptors (Lipinski definition) is 14. The average Bonchev–Trinajstić information content (AvgIpc) is 3.04. The Morgan fingerprint density at radius 3 is 2.31 bits per heavy atom. The second-order valence-electron chi connectivity index (χ2n) is 9.47. The van der Waals surface area contributed by atoms with E-state index in [-0.39, 0.29) is 110 Å². The summed E-state index contributed by atoms with van der Waals surface area (Å²) in [7, 11) is -7.62. The van der Waals surface area contributed by atoms with Crippen LogP contribution in [0.5, 0.6) is 5.75 Å². The van der Waals surface area contributed by atoms with Gasteiger partial charge in [0.1, 0.15) is 15.8 Å². The third-order valence-corrected chi connectivity index (χ3v) is 8.72. The maximum Gasteiger partial charge on any atom is 1.00 e. The Labute approximate surface area is 351 Å². The molecule has 3 aromatic rings. The number of urea groups is 1. The molecule has 0 aliphatic carbocycles. The predicted octanol–water partition coefficient (Wildman–Crippen LogP) is -2.29. The number of phenols is 1. The molecule has 51 heavy (non-hydrogen) atoms. The van der Waals surface area contributed by atoms with E-state index in [9.17, 15) is 46.4 Å². The van der Waals surface area contributed by atoms with Crippen molar-refractivity contribution in [1.29, 1.82) is 0 Å². The van der Waals surface area contributed by atoms with Gasteiger partial charge in [-0.3, -0.25) is 5.04 Å². The molecule has 0 heterocycles. The van der Waals surface area contributed by atoms with E-state index < -0.39 is 59.7 Å². The Morgan fingerprint density at radius 2 is 1.75 bits per heavy atom. The normalized spacial score (nSPS) is 11.4. The molecule has 3 rings (SSSR count). The summed E-state index contributed by atoms with van der Waals surface area (Å²) in [5.74, 6) is -2.97. The number of carboxylic acids is 1. The third-order valence-electron chi connectivity index (χ3n) is 6.08. The average molecular weight is 831 g/mol. The van der Waals surface area contributed by atoms with Crippen molar-refractivity contribution in [2.45, 2.75) is 16.7 Å². The number of benzene rings is 3. The maximum absolute atomic E-state index is 12.7. The van der Waals surface area contributed by atoms with Crippen molar-refractivity contribution < 1.29 is 132 Å². The smallest absolute Gasteiger partial charge is 0.744 e. The van der Waals surface area contributed by atoms with Crippen LogP contribution in [0.1, 0.15) is 21.5 Å². The summed E-state index contributed by atoms with van der Waals surface area (Å²) >= 11 is 0.467. The van der Waals surface area contributed by atoms with Crippen molar-refractivity contribution >= 4 is 66.9 Å². The van der Waals surface area contributed by atoms with E-state index in [0.717, 1.165) is 10.5 Å². The Kier molecular flexibility index (Phi) is 21.0. The Morgan fingerprint density at radius 1 is 1.10 bits per heavy atom. The van der Waals surface area contributed by atoms with Crippen LogP contribution in [0.15, 0.2) is 91.7 Å². The molecular weight excluding hydrogens is 806 g/mol. The van der Waals surface area contributed by atoms with Crippen molar-refractivity contribution in [2.24, 2.45) is 15.3 Å². The van der Waals surface area contributed by atoms with E-state index in [2.05, 4.69) is 42.0 Å². The number of anilines is 1. The topological polar surface area (TPSA) is 274 Å². The minimum atomic E-state index is -5.18. The Hall–Kier alpha value is -2.38.